The van der Waals surface area contributed by atoms with E-state index in [2.05, 4.69) is 0 Å². The van der Waals surface area contributed by atoms with Crippen molar-refractivity contribution in [3.63, 3.8) is 0 Å². The molecule has 0 spiro atoms. The number of hydrogen-bond donors (Lipinski definition) is 2. The summed E-state index contributed by atoms with van der Waals surface area (Å²) in [6.45, 7) is 10.2. The van der Waals surface area contributed by atoms with Gasteiger partial charge in [-0.05, 0) is 48.5 Å². The molecule has 0 aromatic carbocycles. The third-order valence-electron chi connectivity index (χ3n) is 5.19. The van der Waals surface area contributed by atoms with Crippen LogP contribution < -0.4 is 0 Å². The summed E-state index contributed by atoms with van der Waals surface area (Å²) in [5.74, 6) is -5.45. The third kappa shape index (κ3) is 21.6. The summed E-state index contributed by atoms with van der Waals surface area (Å²) in [6, 6.07) is 0. The van der Waals surface area contributed by atoms with Gasteiger partial charge >= 0.3 is 41.8 Å². The van der Waals surface area contributed by atoms with Gasteiger partial charge in [0.1, 0.15) is 36.6 Å². The van der Waals surface area contributed by atoms with Crippen LogP contribution in [0.2, 0.25) is 0 Å². The average molecular weight is 621 g/mol. The maximum Gasteiger partial charge on any atom is 0.309 e. The maximum atomic E-state index is 12.2. The molecule has 0 bridgehead atoms. The first-order valence-corrected chi connectivity index (χ1v) is 13.9. The van der Waals surface area contributed by atoms with Crippen molar-refractivity contribution in [3.05, 3.63) is 0 Å². The second kappa shape index (κ2) is 20.2. The predicted molar refractivity (Wildman–Crippen MR) is 145 cm³/mol. The molecule has 0 heterocycles. The second-order valence-corrected chi connectivity index (χ2v) is 10.5. The lowest BCUT2D eigenvalue weighted by Crippen LogP contribution is -2.28. The van der Waals surface area contributed by atoms with Crippen molar-refractivity contribution in [3.8, 4) is 0 Å². The first kappa shape index (κ1) is 39.2. The van der Waals surface area contributed by atoms with E-state index in [1.165, 1.54) is 48.5 Å². The Morgan fingerprint density at radius 1 is 0.395 bits per heavy atom. The molecule has 7 atom stereocenters. The van der Waals surface area contributed by atoms with Gasteiger partial charge in [-0.25, -0.2) is 0 Å². The maximum absolute atomic E-state index is 12.2. The molecule has 0 aliphatic rings. The first-order chi connectivity index (χ1) is 19.9. The molecule has 7 unspecified atom stereocenters. The first-order valence-electron chi connectivity index (χ1n) is 13.9. The van der Waals surface area contributed by atoms with Crippen molar-refractivity contribution in [2.75, 3.05) is 0 Å². The minimum atomic E-state index is -1.12. The Bertz CT molecular complexity index is 960. The summed E-state index contributed by atoms with van der Waals surface area (Å²) in [6.07, 6.45) is -8.02. The molecular formula is C28H44O15. The summed E-state index contributed by atoms with van der Waals surface area (Å²) in [5.41, 5.74) is 0. The molecule has 0 fully saturated rings. The molecule has 0 radical (unpaired) electrons. The van der Waals surface area contributed by atoms with E-state index in [1.807, 2.05) is 0 Å². The highest BCUT2D eigenvalue weighted by atomic mass is 16.6. The Morgan fingerprint density at radius 2 is 0.581 bits per heavy atom. The second-order valence-electron chi connectivity index (χ2n) is 10.5. The van der Waals surface area contributed by atoms with E-state index < -0.39 is 84.5 Å². The summed E-state index contributed by atoms with van der Waals surface area (Å²) in [4.78, 5) is 82.5. The van der Waals surface area contributed by atoms with Crippen molar-refractivity contribution >= 4 is 41.8 Å². The van der Waals surface area contributed by atoms with Gasteiger partial charge in [0.2, 0.25) is 0 Å². The molecule has 2 N–H and O–H groups in total. The van der Waals surface area contributed by atoms with Crippen molar-refractivity contribution in [2.45, 2.75) is 136 Å². The van der Waals surface area contributed by atoms with Crippen LogP contribution in [0, 0.1) is 0 Å². The van der Waals surface area contributed by atoms with E-state index in [4.69, 9.17) is 33.5 Å². The number of hydrogen-bond acceptors (Lipinski definition) is 14. The number of aliphatic hydroxyl groups is 1. The number of carboxylic acids is 1. The number of rotatable bonds is 20. The summed E-state index contributed by atoms with van der Waals surface area (Å²) >= 11 is 0. The Kier molecular flexibility index (Phi) is 18.4. The number of carboxylic acid groups (broad SMARTS) is 1. The van der Waals surface area contributed by atoms with Crippen LogP contribution in [-0.4, -0.2) is 94.7 Å². The van der Waals surface area contributed by atoms with Gasteiger partial charge in [-0.2, -0.15) is 0 Å². The van der Waals surface area contributed by atoms with Crippen LogP contribution in [-0.2, 0) is 62.0 Å². The zero-order chi connectivity index (χ0) is 33.3. The molecule has 0 saturated carbocycles. The standard InChI is InChI=1S/C28H44O15/c1-15(29)8-23(32)39-17(3)10-25(34)41-19(5)12-27(36)43-21(7)14-28(37)42-20(6)13-26(35)40-18(4)11-24(33)38-16(2)9-22(30)31/h15-21,29H,8-14H2,1-7H3,(H,30,31). The number of ether oxygens (including phenoxy) is 6. The minimum Gasteiger partial charge on any atom is -0.481 e. The molecule has 0 rings (SSSR count). The molecule has 0 aliphatic carbocycles. The fourth-order valence-corrected chi connectivity index (χ4v) is 3.55. The van der Waals surface area contributed by atoms with Gasteiger partial charge in [-0.3, -0.25) is 33.6 Å². The topological polar surface area (TPSA) is 215 Å². The molecule has 0 aliphatic heterocycles. The minimum absolute atomic E-state index is 0.211. The largest absolute Gasteiger partial charge is 0.481 e. The highest BCUT2D eigenvalue weighted by Gasteiger charge is 2.24. The molecule has 0 aromatic rings. The molecule has 15 nitrogen and oxygen atoms in total. The number of carbonyl (C=O) groups excluding carboxylic acids is 6. The number of aliphatic hydroxyl groups excluding tert-OH is 1. The lowest BCUT2D eigenvalue weighted by Gasteiger charge is -2.19. The van der Waals surface area contributed by atoms with E-state index in [0.717, 1.165) is 0 Å². The zero-order valence-corrected chi connectivity index (χ0v) is 25.7. The fraction of sp³-hybridized carbons (Fsp3) is 0.750. The van der Waals surface area contributed by atoms with Gasteiger partial charge in [0.25, 0.3) is 0 Å². The van der Waals surface area contributed by atoms with Crippen LogP contribution in [0.15, 0.2) is 0 Å². The van der Waals surface area contributed by atoms with Crippen LogP contribution in [0.4, 0.5) is 0 Å². The van der Waals surface area contributed by atoms with Gasteiger partial charge in [0.15, 0.2) is 0 Å². The lowest BCUT2D eigenvalue weighted by molar-refractivity contribution is -0.161. The smallest absolute Gasteiger partial charge is 0.309 e. The Morgan fingerprint density at radius 3 is 0.767 bits per heavy atom. The molecule has 0 amide bonds. The molecule has 246 valence electrons. The Labute approximate surface area is 250 Å². The average Bonchev–Trinajstić information content (AvgIpc) is 2.75. The highest BCUT2D eigenvalue weighted by molar-refractivity contribution is 5.76. The number of esters is 6. The summed E-state index contributed by atoms with van der Waals surface area (Å²) < 4.78 is 30.4. The van der Waals surface area contributed by atoms with Crippen molar-refractivity contribution in [1.29, 1.82) is 0 Å². The molecule has 0 aromatic heterocycles. The van der Waals surface area contributed by atoms with Crippen molar-refractivity contribution in [2.24, 2.45) is 0 Å². The van der Waals surface area contributed by atoms with E-state index in [0.29, 0.717) is 0 Å². The lowest BCUT2D eigenvalue weighted by atomic mass is 10.2. The van der Waals surface area contributed by atoms with E-state index >= 15 is 0 Å². The SMILES string of the molecule is CC(O)CC(=O)OC(C)CC(=O)OC(C)CC(=O)OC(C)CC(=O)OC(C)CC(=O)OC(C)CC(=O)OC(C)CC(=O)O. The van der Waals surface area contributed by atoms with E-state index in [-0.39, 0.29) is 44.9 Å². The molecule has 43 heavy (non-hydrogen) atoms. The number of aliphatic carboxylic acids is 1. The third-order valence-corrected chi connectivity index (χ3v) is 5.19. The summed E-state index contributed by atoms with van der Waals surface area (Å²) in [7, 11) is 0. The quantitative estimate of drug-likeness (QED) is 0.146. The van der Waals surface area contributed by atoms with Gasteiger partial charge < -0.3 is 38.6 Å². The van der Waals surface area contributed by atoms with Crippen LogP contribution in [0.25, 0.3) is 0 Å². The van der Waals surface area contributed by atoms with E-state index in [9.17, 15) is 38.7 Å². The van der Waals surface area contributed by atoms with E-state index in [1.54, 1.807) is 0 Å². The Hall–Kier alpha value is -3.75. The van der Waals surface area contributed by atoms with Crippen LogP contribution in [0.1, 0.15) is 93.4 Å². The number of carbonyl (C=O) groups is 7. The van der Waals surface area contributed by atoms with Crippen molar-refractivity contribution in [1.82, 2.24) is 0 Å². The van der Waals surface area contributed by atoms with Gasteiger partial charge in [-0.1, -0.05) is 0 Å². The van der Waals surface area contributed by atoms with Crippen LogP contribution in [0.3, 0.4) is 0 Å². The van der Waals surface area contributed by atoms with Gasteiger partial charge in [0, 0.05) is 0 Å². The van der Waals surface area contributed by atoms with Crippen LogP contribution in [0.5, 0.6) is 0 Å². The molecule has 15 heteroatoms. The summed E-state index contributed by atoms with van der Waals surface area (Å²) in [5, 5.41) is 17.9. The monoisotopic (exact) mass is 620 g/mol. The van der Waals surface area contributed by atoms with Gasteiger partial charge in [-0.15, -0.1) is 0 Å². The zero-order valence-electron chi connectivity index (χ0n) is 25.7. The van der Waals surface area contributed by atoms with Crippen molar-refractivity contribution < 1.29 is 72.2 Å². The van der Waals surface area contributed by atoms with Gasteiger partial charge in [0.05, 0.1) is 51.0 Å². The Balaban J connectivity index is 4.36. The predicted octanol–water partition coefficient (Wildman–Crippen LogP) is 1.77. The normalized spacial score (nSPS) is 15.7. The van der Waals surface area contributed by atoms with Crippen LogP contribution >= 0.6 is 0 Å². The molecule has 0 saturated heterocycles. The molecular weight excluding hydrogens is 576 g/mol. The fourth-order valence-electron chi connectivity index (χ4n) is 3.55. The highest BCUT2D eigenvalue weighted by Crippen LogP contribution is 2.11.